The molecule has 6 heteroatoms. The molecular formula is C22H24N4OS. The topological polar surface area (TPSA) is 50.2 Å². The Bertz CT molecular complexity index is 983. The molecule has 1 aromatic heterocycles. The van der Waals surface area contributed by atoms with Crippen molar-refractivity contribution in [3.05, 3.63) is 71.4 Å². The lowest BCUT2D eigenvalue weighted by Crippen LogP contribution is -2.33. The van der Waals surface area contributed by atoms with Gasteiger partial charge in [-0.2, -0.15) is 5.10 Å². The highest BCUT2D eigenvalue weighted by Crippen LogP contribution is 2.42. The lowest BCUT2D eigenvalue weighted by Gasteiger charge is -2.18. The first kappa shape index (κ1) is 18.8. The van der Waals surface area contributed by atoms with E-state index in [0.717, 1.165) is 35.7 Å². The summed E-state index contributed by atoms with van der Waals surface area (Å²) in [5.41, 5.74) is 5.06. The highest BCUT2D eigenvalue weighted by molar-refractivity contribution is 7.98. The Hall–Kier alpha value is -2.57. The van der Waals surface area contributed by atoms with Crippen LogP contribution in [0, 0.1) is 0 Å². The number of hydrogen-bond donors (Lipinski definition) is 1. The first-order valence-electron chi connectivity index (χ1n) is 9.42. The summed E-state index contributed by atoms with van der Waals surface area (Å²) in [7, 11) is 3.98. The molecule has 0 fully saturated rings. The SMILES string of the molecule is CN(CCNC(=O)c1nn(C)c2c1CSc1ccccc1-2)Cc1ccccc1. The predicted molar refractivity (Wildman–Crippen MR) is 113 cm³/mol. The molecule has 3 aromatic rings. The fourth-order valence-electron chi connectivity index (χ4n) is 3.58. The van der Waals surface area contributed by atoms with E-state index in [9.17, 15) is 4.79 Å². The van der Waals surface area contributed by atoms with Gasteiger partial charge in [-0.15, -0.1) is 11.8 Å². The van der Waals surface area contributed by atoms with Crippen LogP contribution in [-0.2, 0) is 19.3 Å². The van der Waals surface area contributed by atoms with Crippen LogP contribution in [0.5, 0.6) is 0 Å². The Labute approximate surface area is 169 Å². The monoisotopic (exact) mass is 392 g/mol. The van der Waals surface area contributed by atoms with Crippen molar-refractivity contribution in [1.29, 1.82) is 0 Å². The van der Waals surface area contributed by atoms with Gasteiger partial charge in [0, 0.05) is 48.5 Å². The molecular weight excluding hydrogens is 368 g/mol. The zero-order valence-corrected chi connectivity index (χ0v) is 17.0. The maximum Gasteiger partial charge on any atom is 0.272 e. The number of likely N-dealkylation sites (N-methyl/N-ethyl adjacent to an activating group) is 1. The molecule has 0 spiro atoms. The maximum atomic E-state index is 12.8. The average Bonchev–Trinajstić information content (AvgIpc) is 3.06. The van der Waals surface area contributed by atoms with Crippen molar-refractivity contribution >= 4 is 17.7 Å². The van der Waals surface area contributed by atoms with E-state index in [1.807, 2.05) is 42.1 Å². The van der Waals surface area contributed by atoms with E-state index in [1.54, 1.807) is 11.8 Å². The van der Waals surface area contributed by atoms with E-state index in [0.29, 0.717) is 12.2 Å². The molecule has 0 bridgehead atoms. The second-order valence-corrected chi connectivity index (χ2v) is 8.08. The molecule has 1 aliphatic rings. The fraction of sp³-hybridized carbons (Fsp3) is 0.273. The number of amides is 1. The van der Waals surface area contributed by atoms with Crippen LogP contribution in [0.1, 0.15) is 21.6 Å². The zero-order valence-electron chi connectivity index (χ0n) is 16.2. The van der Waals surface area contributed by atoms with Crippen molar-refractivity contribution in [3.63, 3.8) is 0 Å². The van der Waals surface area contributed by atoms with Crippen LogP contribution < -0.4 is 5.32 Å². The van der Waals surface area contributed by atoms with Gasteiger partial charge in [-0.05, 0) is 18.7 Å². The number of thioether (sulfide) groups is 1. The minimum Gasteiger partial charge on any atom is -0.349 e. The zero-order chi connectivity index (χ0) is 19.5. The summed E-state index contributed by atoms with van der Waals surface area (Å²) < 4.78 is 1.84. The maximum absolute atomic E-state index is 12.8. The first-order chi connectivity index (χ1) is 13.6. The minimum absolute atomic E-state index is 0.0926. The van der Waals surface area contributed by atoms with Crippen molar-refractivity contribution in [2.75, 3.05) is 20.1 Å². The number of fused-ring (bicyclic) bond motifs is 3. The van der Waals surface area contributed by atoms with E-state index in [1.165, 1.54) is 10.5 Å². The second kappa shape index (κ2) is 8.20. The predicted octanol–water partition coefficient (Wildman–Crippen LogP) is 3.55. The second-order valence-electron chi connectivity index (χ2n) is 7.06. The standard InChI is InChI=1S/C22H24N4OS/c1-25(14-16-8-4-3-5-9-16)13-12-23-22(27)20-18-15-28-19-11-7-6-10-17(19)21(18)26(2)24-20/h3-11H,12-15H2,1-2H3,(H,23,27). The molecule has 28 heavy (non-hydrogen) atoms. The van der Waals surface area contributed by atoms with Gasteiger partial charge in [-0.3, -0.25) is 9.48 Å². The van der Waals surface area contributed by atoms with Gasteiger partial charge in [0.1, 0.15) is 0 Å². The molecule has 1 N–H and O–H groups in total. The highest BCUT2D eigenvalue weighted by atomic mass is 32.2. The first-order valence-corrected chi connectivity index (χ1v) is 10.4. The minimum atomic E-state index is -0.0926. The number of aromatic nitrogens is 2. The molecule has 2 aromatic carbocycles. The number of nitrogens with zero attached hydrogens (tertiary/aromatic N) is 3. The Kier molecular flexibility index (Phi) is 5.50. The van der Waals surface area contributed by atoms with Gasteiger partial charge < -0.3 is 10.2 Å². The number of nitrogens with one attached hydrogen (secondary N) is 1. The van der Waals surface area contributed by atoms with Crippen molar-refractivity contribution in [2.45, 2.75) is 17.2 Å². The molecule has 4 rings (SSSR count). The van der Waals surface area contributed by atoms with Gasteiger partial charge in [0.2, 0.25) is 0 Å². The van der Waals surface area contributed by atoms with Crippen molar-refractivity contribution in [2.24, 2.45) is 7.05 Å². The molecule has 0 atom stereocenters. The quantitative estimate of drug-likeness (QED) is 0.697. The number of benzene rings is 2. The van der Waals surface area contributed by atoms with Crippen LogP contribution in [0.2, 0.25) is 0 Å². The molecule has 2 heterocycles. The molecule has 1 aliphatic heterocycles. The number of carbonyl (C=O) groups excluding carboxylic acids is 1. The molecule has 0 radical (unpaired) electrons. The van der Waals surface area contributed by atoms with Gasteiger partial charge in [-0.25, -0.2) is 0 Å². The molecule has 0 saturated heterocycles. The molecule has 0 unspecified atom stereocenters. The highest BCUT2D eigenvalue weighted by Gasteiger charge is 2.27. The summed E-state index contributed by atoms with van der Waals surface area (Å²) in [5, 5.41) is 7.57. The third-order valence-electron chi connectivity index (χ3n) is 4.95. The van der Waals surface area contributed by atoms with E-state index in [-0.39, 0.29) is 5.91 Å². The fourth-order valence-corrected chi connectivity index (χ4v) is 4.65. The van der Waals surface area contributed by atoms with Crippen LogP contribution >= 0.6 is 11.8 Å². The van der Waals surface area contributed by atoms with E-state index in [2.05, 4.69) is 46.6 Å². The smallest absolute Gasteiger partial charge is 0.272 e. The van der Waals surface area contributed by atoms with Crippen molar-refractivity contribution < 1.29 is 4.79 Å². The van der Waals surface area contributed by atoms with Gasteiger partial charge >= 0.3 is 0 Å². The van der Waals surface area contributed by atoms with E-state index < -0.39 is 0 Å². The lowest BCUT2D eigenvalue weighted by atomic mass is 10.1. The van der Waals surface area contributed by atoms with Crippen LogP contribution in [-0.4, -0.2) is 40.7 Å². The van der Waals surface area contributed by atoms with Crippen LogP contribution in [0.25, 0.3) is 11.3 Å². The summed E-state index contributed by atoms with van der Waals surface area (Å²) in [5.74, 6) is 0.682. The van der Waals surface area contributed by atoms with Crippen molar-refractivity contribution in [3.8, 4) is 11.3 Å². The summed E-state index contributed by atoms with van der Waals surface area (Å²) in [6, 6.07) is 18.6. The number of rotatable bonds is 6. The van der Waals surface area contributed by atoms with Gasteiger partial charge in [0.15, 0.2) is 5.69 Å². The Morgan fingerprint density at radius 2 is 1.93 bits per heavy atom. The molecule has 0 aliphatic carbocycles. The summed E-state index contributed by atoms with van der Waals surface area (Å²) in [4.78, 5) is 16.2. The summed E-state index contributed by atoms with van der Waals surface area (Å²) in [6.45, 7) is 2.24. The van der Waals surface area contributed by atoms with Crippen LogP contribution in [0.4, 0.5) is 0 Å². The number of carbonyl (C=O) groups is 1. The molecule has 5 nitrogen and oxygen atoms in total. The van der Waals surface area contributed by atoms with Crippen molar-refractivity contribution in [1.82, 2.24) is 20.0 Å². The average molecular weight is 393 g/mol. The van der Waals surface area contributed by atoms with E-state index >= 15 is 0 Å². The Morgan fingerprint density at radius 1 is 1.18 bits per heavy atom. The molecule has 144 valence electrons. The largest absolute Gasteiger partial charge is 0.349 e. The molecule has 1 amide bonds. The third kappa shape index (κ3) is 3.84. The van der Waals surface area contributed by atoms with E-state index in [4.69, 9.17) is 0 Å². The number of hydrogen-bond acceptors (Lipinski definition) is 4. The van der Waals surface area contributed by atoms with Gasteiger partial charge in [0.25, 0.3) is 5.91 Å². The Balaban J connectivity index is 1.40. The van der Waals surface area contributed by atoms with Crippen LogP contribution in [0.15, 0.2) is 59.5 Å². The third-order valence-corrected chi connectivity index (χ3v) is 6.05. The Morgan fingerprint density at radius 3 is 2.75 bits per heavy atom. The van der Waals surface area contributed by atoms with Gasteiger partial charge in [0.05, 0.1) is 5.69 Å². The number of aryl methyl sites for hydroxylation is 1. The lowest BCUT2D eigenvalue weighted by molar-refractivity contribution is 0.0943. The molecule has 0 saturated carbocycles. The summed E-state index contributed by atoms with van der Waals surface area (Å²) in [6.07, 6.45) is 0. The normalized spacial score (nSPS) is 12.5. The van der Waals surface area contributed by atoms with Crippen LogP contribution in [0.3, 0.4) is 0 Å². The summed E-state index contributed by atoms with van der Waals surface area (Å²) >= 11 is 1.76. The van der Waals surface area contributed by atoms with Gasteiger partial charge in [-0.1, -0.05) is 48.5 Å².